The average molecular weight is 475 g/mol. The smallest absolute Gasteiger partial charge is 0.222 e. The fourth-order valence-electron chi connectivity index (χ4n) is 4.15. The third kappa shape index (κ3) is 4.75. The van der Waals surface area contributed by atoms with Gasteiger partial charge in [-0.2, -0.15) is 11.8 Å². The number of aromatic nitrogens is 2. The van der Waals surface area contributed by atoms with Gasteiger partial charge in [-0.1, -0.05) is 48.2 Å². The predicted molar refractivity (Wildman–Crippen MR) is 139 cm³/mol. The van der Waals surface area contributed by atoms with Crippen LogP contribution in [0.2, 0.25) is 0 Å². The lowest BCUT2D eigenvalue weighted by molar-refractivity contribution is -0.121. The molecule has 5 nitrogen and oxygen atoms in total. The summed E-state index contributed by atoms with van der Waals surface area (Å²) in [4.78, 5) is 25.9. The van der Waals surface area contributed by atoms with Gasteiger partial charge in [-0.15, -0.1) is 0 Å². The monoisotopic (exact) mass is 474 g/mol. The second kappa shape index (κ2) is 9.93. The van der Waals surface area contributed by atoms with Crippen molar-refractivity contribution in [1.82, 2.24) is 15.3 Å². The van der Waals surface area contributed by atoms with E-state index < -0.39 is 0 Å². The molecule has 2 heterocycles. The maximum atomic E-state index is 13.1. The van der Waals surface area contributed by atoms with Crippen molar-refractivity contribution in [2.45, 2.75) is 28.7 Å². The van der Waals surface area contributed by atoms with Gasteiger partial charge in [-0.3, -0.25) is 4.79 Å². The summed E-state index contributed by atoms with van der Waals surface area (Å²) in [5.41, 5.74) is 4.24. The molecule has 0 saturated heterocycles. The van der Waals surface area contributed by atoms with Crippen molar-refractivity contribution >= 4 is 51.8 Å². The third-order valence-electron chi connectivity index (χ3n) is 5.78. The minimum Gasteiger partial charge on any atom is -0.346 e. The number of hydrogen-bond acceptors (Lipinski definition) is 5. The number of fused-ring (bicyclic) bond motifs is 3. The van der Waals surface area contributed by atoms with E-state index in [2.05, 4.69) is 70.0 Å². The van der Waals surface area contributed by atoms with Crippen LogP contribution < -0.4 is 10.2 Å². The minimum atomic E-state index is -0.131. The summed E-state index contributed by atoms with van der Waals surface area (Å²) < 4.78 is 0. The number of thioether (sulfide) groups is 1. The Hall–Kier alpha value is -2.90. The molecule has 5 rings (SSSR count). The number of imidazole rings is 1. The highest BCUT2D eigenvalue weighted by Crippen LogP contribution is 2.47. The summed E-state index contributed by atoms with van der Waals surface area (Å²) in [6, 6.07) is 24.6. The number of carbonyl (C=O) groups excluding carboxylic acids is 1. The predicted octanol–water partition coefficient (Wildman–Crippen LogP) is 6.17. The summed E-state index contributed by atoms with van der Waals surface area (Å²) >= 11 is 3.56. The van der Waals surface area contributed by atoms with Crippen LogP contribution in [-0.2, 0) is 4.79 Å². The second-order valence-electron chi connectivity index (χ2n) is 7.98. The topological polar surface area (TPSA) is 61.0 Å². The Morgan fingerprint density at radius 2 is 1.70 bits per heavy atom. The molecule has 0 radical (unpaired) electrons. The minimum absolute atomic E-state index is 0.0368. The highest BCUT2D eigenvalue weighted by molar-refractivity contribution is 7.99. The molecule has 7 heteroatoms. The maximum Gasteiger partial charge on any atom is 0.222 e. The fraction of sp³-hybridized carbons (Fsp3) is 0.231. The molecule has 0 spiro atoms. The Morgan fingerprint density at radius 1 is 1.03 bits per heavy atom. The number of hydrogen-bond donors (Lipinski definition) is 2. The average Bonchev–Trinajstić information content (AvgIpc) is 3.28. The summed E-state index contributed by atoms with van der Waals surface area (Å²) in [7, 11) is 0. The summed E-state index contributed by atoms with van der Waals surface area (Å²) in [6.45, 7) is 0.621. The number of rotatable bonds is 8. The molecule has 0 aliphatic carbocycles. The van der Waals surface area contributed by atoms with E-state index in [9.17, 15) is 4.79 Å². The highest BCUT2D eigenvalue weighted by Gasteiger charge is 2.24. The molecule has 4 aromatic rings. The number of aromatic amines is 1. The van der Waals surface area contributed by atoms with Crippen molar-refractivity contribution < 1.29 is 4.79 Å². The van der Waals surface area contributed by atoms with Gasteiger partial charge in [0.1, 0.15) is 5.82 Å². The summed E-state index contributed by atoms with van der Waals surface area (Å²) in [5.74, 6) is 1.81. The number of nitrogens with zero attached hydrogens (tertiary/aromatic N) is 2. The summed E-state index contributed by atoms with van der Waals surface area (Å²) in [6.07, 6.45) is 3.32. The largest absolute Gasteiger partial charge is 0.346 e. The van der Waals surface area contributed by atoms with Crippen molar-refractivity contribution in [3.63, 3.8) is 0 Å². The standard InChI is InChI=1S/C26H26N4OS2/c1-32-17-15-20(26-28-18-8-2-3-9-19(18)29-26)27-25(31)14-16-30-21-10-4-6-12-23(21)33-24-13-7-5-11-22(24)30/h2-13,20H,14-17H2,1H3,(H,27,31)(H,28,29)/t20-/m1/s1. The zero-order valence-electron chi connectivity index (χ0n) is 18.5. The number of carbonyl (C=O) groups is 1. The summed E-state index contributed by atoms with van der Waals surface area (Å²) in [5, 5.41) is 3.24. The van der Waals surface area contributed by atoms with Crippen LogP contribution >= 0.6 is 23.5 Å². The van der Waals surface area contributed by atoms with Crippen LogP contribution in [-0.4, -0.2) is 34.4 Å². The number of benzene rings is 3. The molecule has 33 heavy (non-hydrogen) atoms. The first-order valence-electron chi connectivity index (χ1n) is 11.1. The molecule has 3 aromatic carbocycles. The molecule has 1 amide bonds. The first kappa shape index (κ1) is 21.9. The normalized spacial score (nSPS) is 13.4. The van der Waals surface area contributed by atoms with Gasteiger partial charge in [0.15, 0.2) is 0 Å². The molecule has 168 valence electrons. The molecular weight excluding hydrogens is 448 g/mol. The van der Waals surface area contributed by atoms with E-state index in [1.807, 2.05) is 24.3 Å². The van der Waals surface area contributed by atoms with Crippen molar-refractivity contribution in [3.8, 4) is 0 Å². The van der Waals surface area contributed by atoms with Crippen LogP contribution in [0.5, 0.6) is 0 Å². The van der Waals surface area contributed by atoms with Crippen LogP contribution in [0.15, 0.2) is 82.6 Å². The molecule has 0 fully saturated rings. The van der Waals surface area contributed by atoms with Crippen LogP contribution in [0.25, 0.3) is 11.0 Å². The Bertz CT molecular complexity index is 1190. The fourth-order valence-corrected chi connectivity index (χ4v) is 5.72. The number of para-hydroxylation sites is 4. The van der Waals surface area contributed by atoms with E-state index in [0.29, 0.717) is 13.0 Å². The quantitative estimate of drug-likeness (QED) is 0.320. The van der Waals surface area contributed by atoms with Gasteiger partial charge in [0.05, 0.1) is 28.5 Å². The number of amides is 1. The van der Waals surface area contributed by atoms with Gasteiger partial charge in [-0.05, 0) is 54.8 Å². The van der Waals surface area contributed by atoms with Gasteiger partial charge in [0.2, 0.25) is 5.91 Å². The lowest BCUT2D eigenvalue weighted by Crippen LogP contribution is -2.33. The number of H-pyrrole nitrogens is 1. The molecule has 1 aromatic heterocycles. The zero-order chi connectivity index (χ0) is 22.6. The first-order chi connectivity index (χ1) is 16.2. The van der Waals surface area contributed by atoms with Crippen molar-refractivity contribution in [2.24, 2.45) is 0 Å². The SMILES string of the molecule is CSCC[C@@H](NC(=O)CCN1c2ccccc2Sc2ccccc21)c1nc2ccccc2[nH]1. The van der Waals surface area contributed by atoms with E-state index in [0.717, 1.165) is 40.4 Å². The molecule has 0 saturated carbocycles. The van der Waals surface area contributed by atoms with Gasteiger partial charge >= 0.3 is 0 Å². The van der Waals surface area contributed by atoms with Crippen LogP contribution in [0, 0.1) is 0 Å². The van der Waals surface area contributed by atoms with Crippen LogP contribution in [0.4, 0.5) is 11.4 Å². The first-order valence-corrected chi connectivity index (χ1v) is 13.3. The Balaban J connectivity index is 1.32. The lowest BCUT2D eigenvalue weighted by atomic mass is 10.2. The maximum absolute atomic E-state index is 13.1. The second-order valence-corrected chi connectivity index (χ2v) is 10.0. The Morgan fingerprint density at radius 3 is 2.39 bits per heavy atom. The van der Waals surface area contributed by atoms with E-state index in [1.165, 1.54) is 9.79 Å². The molecule has 1 aliphatic rings. The lowest BCUT2D eigenvalue weighted by Gasteiger charge is -2.32. The molecular formula is C26H26N4OS2. The Kier molecular flexibility index (Phi) is 6.60. The third-order valence-corrected chi connectivity index (χ3v) is 7.55. The number of anilines is 2. The van der Waals surface area contributed by atoms with Crippen LogP contribution in [0.1, 0.15) is 24.7 Å². The zero-order valence-corrected chi connectivity index (χ0v) is 20.1. The molecule has 1 atom stereocenters. The van der Waals surface area contributed by atoms with Crippen molar-refractivity contribution in [1.29, 1.82) is 0 Å². The molecule has 0 unspecified atom stereocenters. The van der Waals surface area contributed by atoms with Crippen LogP contribution in [0.3, 0.4) is 0 Å². The molecule has 1 aliphatic heterocycles. The highest BCUT2D eigenvalue weighted by atomic mass is 32.2. The van der Waals surface area contributed by atoms with Crippen molar-refractivity contribution in [3.05, 3.63) is 78.6 Å². The van der Waals surface area contributed by atoms with Gasteiger partial charge in [0, 0.05) is 22.8 Å². The van der Waals surface area contributed by atoms with Crippen molar-refractivity contribution in [2.75, 3.05) is 23.5 Å². The molecule has 2 N–H and O–H groups in total. The van der Waals surface area contributed by atoms with E-state index in [1.54, 1.807) is 23.5 Å². The Labute approximate surface area is 202 Å². The number of nitrogens with one attached hydrogen (secondary N) is 2. The van der Waals surface area contributed by atoms with Gasteiger partial charge in [0.25, 0.3) is 0 Å². The van der Waals surface area contributed by atoms with E-state index >= 15 is 0 Å². The van der Waals surface area contributed by atoms with Gasteiger partial charge in [-0.25, -0.2) is 4.98 Å². The van der Waals surface area contributed by atoms with Gasteiger partial charge < -0.3 is 15.2 Å². The molecule has 0 bridgehead atoms. The van der Waals surface area contributed by atoms with E-state index in [-0.39, 0.29) is 11.9 Å². The van der Waals surface area contributed by atoms with E-state index in [4.69, 9.17) is 4.98 Å².